The summed E-state index contributed by atoms with van der Waals surface area (Å²) in [6.07, 6.45) is 0.570. The van der Waals surface area contributed by atoms with E-state index in [2.05, 4.69) is 5.32 Å². The summed E-state index contributed by atoms with van der Waals surface area (Å²) in [6, 6.07) is 2.52. The van der Waals surface area contributed by atoms with Gasteiger partial charge in [-0.05, 0) is 37.1 Å². The van der Waals surface area contributed by atoms with E-state index in [1.165, 1.54) is 12.1 Å². The van der Waals surface area contributed by atoms with E-state index in [1.807, 2.05) is 6.92 Å². The van der Waals surface area contributed by atoms with Crippen molar-refractivity contribution in [2.75, 3.05) is 11.9 Å². The first-order chi connectivity index (χ1) is 7.61. The second kappa shape index (κ2) is 4.12. The van der Waals surface area contributed by atoms with Crippen LogP contribution in [0, 0.1) is 12.7 Å². The highest BCUT2D eigenvalue weighted by Crippen LogP contribution is 2.30. The van der Waals surface area contributed by atoms with E-state index in [9.17, 15) is 9.18 Å². The van der Waals surface area contributed by atoms with Crippen LogP contribution in [0.15, 0.2) is 12.1 Å². The number of hydrogen-bond donors (Lipinski definition) is 1. The van der Waals surface area contributed by atoms with E-state index < -0.39 is 0 Å². The standard InChI is InChI=1S/C12H14FNO2/c1-3-16-12(15)11-6-9-7(2)4-8(13)5-10(9)14-11/h4-5,11,14H,3,6H2,1-2H3/t11-/m1/s1. The molecule has 3 nitrogen and oxygen atoms in total. The molecule has 0 saturated heterocycles. The molecule has 86 valence electrons. The number of anilines is 1. The molecule has 4 heteroatoms. The number of hydrogen-bond acceptors (Lipinski definition) is 3. The fraction of sp³-hybridized carbons (Fsp3) is 0.417. The topological polar surface area (TPSA) is 38.3 Å². The van der Waals surface area contributed by atoms with E-state index >= 15 is 0 Å². The molecule has 1 aliphatic rings. The Morgan fingerprint density at radius 1 is 1.62 bits per heavy atom. The van der Waals surface area contributed by atoms with Crippen molar-refractivity contribution < 1.29 is 13.9 Å². The number of carbonyl (C=O) groups excluding carboxylic acids is 1. The summed E-state index contributed by atoms with van der Waals surface area (Å²) in [4.78, 5) is 11.5. The van der Waals surface area contributed by atoms with Crippen LogP contribution in [0.1, 0.15) is 18.1 Å². The molecule has 1 aromatic carbocycles. The second-order valence-corrected chi connectivity index (χ2v) is 3.90. The van der Waals surface area contributed by atoms with Crippen LogP contribution in [0.5, 0.6) is 0 Å². The summed E-state index contributed by atoms with van der Waals surface area (Å²) >= 11 is 0. The predicted octanol–water partition coefficient (Wildman–Crippen LogP) is 2.03. The lowest BCUT2D eigenvalue weighted by Crippen LogP contribution is -2.29. The van der Waals surface area contributed by atoms with Gasteiger partial charge in [0.15, 0.2) is 0 Å². The highest BCUT2D eigenvalue weighted by Gasteiger charge is 2.29. The molecule has 0 unspecified atom stereocenters. The zero-order chi connectivity index (χ0) is 11.7. The molecular weight excluding hydrogens is 209 g/mol. The lowest BCUT2D eigenvalue weighted by Gasteiger charge is -2.09. The van der Waals surface area contributed by atoms with Crippen LogP contribution in [0.2, 0.25) is 0 Å². The van der Waals surface area contributed by atoms with Crippen molar-refractivity contribution in [2.24, 2.45) is 0 Å². The Morgan fingerprint density at radius 2 is 2.38 bits per heavy atom. The lowest BCUT2D eigenvalue weighted by molar-refractivity contribution is -0.143. The first-order valence-electron chi connectivity index (χ1n) is 5.34. The highest BCUT2D eigenvalue weighted by atomic mass is 19.1. The smallest absolute Gasteiger partial charge is 0.328 e. The van der Waals surface area contributed by atoms with Crippen LogP contribution < -0.4 is 5.32 Å². The predicted molar refractivity (Wildman–Crippen MR) is 58.9 cm³/mol. The number of esters is 1. The van der Waals surface area contributed by atoms with Crippen molar-refractivity contribution in [1.82, 2.24) is 0 Å². The van der Waals surface area contributed by atoms with E-state index in [1.54, 1.807) is 6.92 Å². The summed E-state index contributed by atoms with van der Waals surface area (Å²) in [5.41, 5.74) is 2.57. The minimum Gasteiger partial charge on any atom is -0.464 e. The molecular formula is C12H14FNO2. The molecule has 0 aliphatic carbocycles. The maximum atomic E-state index is 13.1. The van der Waals surface area contributed by atoms with Gasteiger partial charge in [-0.25, -0.2) is 9.18 Å². The van der Waals surface area contributed by atoms with Gasteiger partial charge < -0.3 is 10.1 Å². The van der Waals surface area contributed by atoms with E-state index in [4.69, 9.17) is 4.74 Å². The number of rotatable bonds is 2. The largest absolute Gasteiger partial charge is 0.464 e. The number of halogens is 1. The Labute approximate surface area is 93.6 Å². The molecule has 0 amide bonds. The molecule has 1 N–H and O–H groups in total. The Balaban J connectivity index is 2.21. The van der Waals surface area contributed by atoms with Crippen LogP contribution in [0.4, 0.5) is 10.1 Å². The molecule has 1 atom stereocenters. The number of fused-ring (bicyclic) bond motifs is 1. The number of carbonyl (C=O) groups is 1. The maximum absolute atomic E-state index is 13.1. The lowest BCUT2D eigenvalue weighted by atomic mass is 10.0. The monoisotopic (exact) mass is 223 g/mol. The molecule has 2 rings (SSSR count). The van der Waals surface area contributed by atoms with Crippen molar-refractivity contribution in [3.05, 3.63) is 29.1 Å². The molecule has 16 heavy (non-hydrogen) atoms. The molecule has 0 bridgehead atoms. The van der Waals surface area contributed by atoms with Gasteiger partial charge in [-0.3, -0.25) is 0 Å². The third-order valence-electron chi connectivity index (χ3n) is 2.75. The zero-order valence-corrected chi connectivity index (χ0v) is 9.34. The fourth-order valence-corrected chi connectivity index (χ4v) is 2.00. The first kappa shape index (κ1) is 10.9. The van der Waals surface area contributed by atoms with Gasteiger partial charge in [0.2, 0.25) is 0 Å². The average molecular weight is 223 g/mol. The molecule has 1 aromatic rings. The van der Waals surface area contributed by atoms with Crippen molar-refractivity contribution >= 4 is 11.7 Å². The van der Waals surface area contributed by atoms with Gasteiger partial charge in [0.05, 0.1) is 6.61 Å². The van der Waals surface area contributed by atoms with Crippen LogP contribution in [-0.4, -0.2) is 18.6 Å². The Hall–Kier alpha value is -1.58. The minimum absolute atomic E-state index is 0.279. The van der Waals surface area contributed by atoms with Gasteiger partial charge in [-0.15, -0.1) is 0 Å². The van der Waals surface area contributed by atoms with Gasteiger partial charge in [-0.1, -0.05) is 0 Å². The number of aryl methyl sites for hydroxylation is 1. The van der Waals surface area contributed by atoms with Gasteiger partial charge in [0, 0.05) is 12.1 Å². The van der Waals surface area contributed by atoms with Gasteiger partial charge in [0.1, 0.15) is 11.9 Å². The van der Waals surface area contributed by atoms with E-state index in [0.717, 1.165) is 11.1 Å². The normalized spacial score (nSPS) is 17.8. The Kier molecular flexibility index (Phi) is 2.81. The van der Waals surface area contributed by atoms with E-state index in [0.29, 0.717) is 18.7 Å². The number of ether oxygens (including phenoxy) is 1. The summed E-state index contributed by atoms with van der Waals surface area (Å²) in [5.74, 6) is -0.563. The van der Waals surface area contributed by atoms with Crippen molar-refractivity contribution in [3.8, 4) is 0 Å². The highest BCUT2D eigenvalue weighted by molar-refractivity contribution is 5.83. The third kappa shape index (κ3) is 1.87. The van der Waals surface area contributed by atoms with Gasteiger partial charge >= 0.3 is 5.97 Å². The fourth-order valence-electron chi connectivity index (χ4n) is 2.00. The zero-order valence-electron chi connectivity index (χ0n) is 9.34. The van der Waals surface area contributed by atoms with Crippen LogP contribution in [-0.2, 0) is 16.0 Å². The van der Waals surface area contributed by atoms with Gasteiger partial charge in [0.25, 0.3) is 0 Å². The van der Waals surface area contributed by atoms with E-state index in [-0.39, 0.29) is 17.8 Å². The molecule has 0 aromatic heterocycles. The Bertz CT molecular complexity index is 431. The third-order valence-corrected chi connectivity index (χ3v) is 2.75. The van der Waals surface area contributed by atoms with Crippen LogP contribution in [0.3, 0.4) is 0 Å². The molecule has 1 heterocycles. The van der Waals surface area contributed by atoms with Crippen molar-refractivity contribution in [2.45, 2.75) is 26.3 Å². The van der Waals surface area contributed by atoms with Crippen molar-refractivity contribution in [1.29, 1.82) is 0 Å². The SMILES string of the molecule is CCOC(=O)[C@H]1Cc2c(C)cc(F)cc2N1. The summed E-state index contributed by atoms with van der Waals surface area (Å²) in [7, 11) is 0. The summed E-state index contributed by atoms with van der Waals surface area (Å²) in [6.45, 7) is 3.97. The average Bonchev–Trinajstić information content (AvgIpc) is 2.62. The van der Waals surface area contributed by atoms with Crippen LogP contribution >= 0.6 is 0 Å². The first-order valence-corrected chi connectivity index (χ1v) is 5.34. The minimum atomic E-state index is -0.379. The molecule has 0 fully saturated rings. The molecule has 1 aliphatic heterocycles. The summed E-state index contributed by atoms with van der Waals surface area (Å²) in [5, 5.41) is 2.99. The number of nitrogens with one attached hydrogen (secondary N) is 1. The van der Waals surface area contributed by atoms with Crippen molar-refractivity contribution in [3.63, 3.8) is 0 Å². The van der Waals surface area contributed by atoms with Crippen LogP contribution in [0.25, 0.3) is 0 Å². The molecule has 0 radical (unpaired) electrons. The Morgan fingerprint density at radius 3 is 3.06 bits per heavy atom. The molecule has 0 saturated carbocycles. The maximum Gasteiger partial charge on any atom is 0.328 e. The second-order valence-electron chi connectivity index (χ2n) is 3.90. The molecule has 0 spiro atoms. The summed E-state index contributed by atoms with van der Waals surface area (Å²) < 4.78 is 18.1. The van der Waals surface area contributed by atoms with Gasteiger partial charge in [-0.2, -0.15) is 0 Å². The number of benzene rings is 1. The quantitative estimate of drug-likeness (QED) is 0.780.